The fourth-order valence-corrected chi connectivity index (χ4v) is 15.0. The molecule has 17 rings (SSSR count). The largest absolute Gasteiger partial charge is 0.313 e. The van der Waals surface area contributed by atoms with Gasteiger partial charge >= 0.3 is 0 Å². The molecule has 14 aromatic carbocycles. The average Bonchev–Trinajstić information content (AvgIpc) is 0.707. The molecule has 0 fully saturated rings. The number of allylic oxidation sites excluding steroid dienone is 4. The molecule has 1 aliphatic carbocycles. The van der Waals surface area contributed by atoms with Crippen LogP contribution in [0.1, 0.15) is 45.2 Å². The molecular weight excluding hydrogens is 1050 g/mol. The molecule has 0 spiro atoms. The Bertz CT molecular complexity index is 5090. The summed E-state index contributed by atoms with van der Waals surface area (Å²) >= 11 is 0. The second-order valence-electron chi connectivity index (χ2n) is 25.4. The molecule has 1 unspecified atom stereocenters. The first kappa shape index (κ1) is 51.0. The Morgan fingerprint density at radius 2 is 0.609 bits per heavy atom. The number of benzene rings is 14. The van der Waals surface area contributed by atoms with E-state index < -0.39 is 0 Å². The van der Waals surface area contributed by atoms with Gasteiger partial charge in [0.15, 0.2) is 0 Å². The summed E-state index contributed by atoms with van der Waals surface area (Å²) in [5, 5.41) is 14.7. The molecule has 0 N–H and O–H groups in total. The van der Waals surface area contributed by atoms with Crippen molar-refractivity contribution in [1.29, 1.82) is 0 Å². The maximum Gasteiger partial charge on any atom is 0.0500 e. The molecule has 0 saturated heterocycles. The number of fused-ring (bicyclic) bond motifs is 10. The van der Waals surface area contributed by atoms with Gasteiger partial charge in [-0.15, -0.1) is 0 Å². The van der Waals surface area contributed by atoms with Gasteiger partial charge in [-0.05, 0) is 219 Å². The number of hydrogen-bond acceptors (Lipinski definition) is 3. The highest BCUT2D eigenvalue weighted by Gasteiger charge is 2.50. The first-order valence-corrected chi connectivity index (χ1v) is 30.7. The van der Waals surface area contributed by atoms with E-state index in [2.05, 4.69) is 334 Å². The van der Waals surface area contributed by atoms with Gasteiger partial charge in [-0.3, -0.25) is 0 Å². The van der Waals surface area contributed by atoms with E-state index in [0.717, 1.165) is 40.5 Å². The van der Waals surface area contributed by atoms with Crippen molar-refractivity contribution in [2.24, 2.45) is 5.92 Å². The van der Waals surface area contributed by atoms with E-state index >= 15 is 0 Å². The second kappa shape index (κ2) is 19.5. The second-order valence-corrected chi connectivity index (χ2v) is 25.4. The van der Waals surface area contributed by atoms with Gasteiger partial charge in [0.2, 0.25) is 0 Å². The lowest BCUT2D eigenvalue weighted by atomic mass is 9.60. The van der Waals surface area contributed by atoms with Gasteiger partial charge < -0.3 is 14.7 Å². The molecule has 14 aromatic rings. The van der Waals surface area contributed by atoms with Crippen molar-refractivity contribution >= 4 is 110 Å². The topological polar surface area (TPSA) is 9.72 Å². The van der Waals surface area contributed by atoms with Crippen molar-refractivity contribution in [3.8, 4) is 22.3 Å². The minimum absolute atomic E-state index is 0.117. The smallest absolute Gasteiger partial charge is 0.0500 e. The molecule has 0 radical (unpaired) electrons. The zero-order valence-electron chi connectivity index (χ0n) is 49.3. The van der Waals surface area contributed by atoms with Crippen LogP contribution in [0.4, 0.5) is 45.5 Å². The zero-order chi connectivity index (χ0) is 58.1. The van der Waals surface area contributed by atoms with Crippen LogP contribution in [0.5, 0.6) is 0 Å². The molecule has 0 aromatic heterocycles. The van der Waals surface area contributed by atoms with E-state index in [-0.39, 0.29) is 10.8 Å². The Morgan fingerprint density at radius 3 is 1.01 bits per heavy atom. The van der Waals surface area contributed by atoms with Gasteiger partial charge in [0, 0.05) is 67.9 Å². The molecule has 0 saturated carbocycles. The van der Waals surface area contributed by atoms with Gasteiger partial charge in [-0.2, -0.15) is 0 Å². The van der Waals surface area contributed by atoms with E-state index in [9.17, 15) is 0 Å². The summed E-state index contributed by atoms with van der Waals surface area (Å²) in [6.07, 6.45) is 5.90. The third-order valence-electron chi connectivity index (χ3n) is 19.7. The van der Waals surface area contributed by atoms with Crippen LogP contribution in [0.2, 0.25) is 0 Å². The standard InChI is InChI=1S/C84H63N3/c1-83(2)76-22-13-23-77-82(76)87(80-42-34-68(52-78(80)83)62-24-26-66-50-74(40-32-64(66)44-62)85(70-36-28-54-14-5-9-18-58(54)46-70)71-37-29-55-15-6-10-19-59(55)47-71)81-43-35-69(53-79(81)84(77,3)4)63-25-27-67-51-75(41-33-65(67)45-63)86(72-38-30-56-16-7-11-20-60(56)48-72)73-39-31-57-17-8-12-21-61(57)49-73/h5-22,24-53,77H,23H2,1-4H3. The van der Waals surface area contributed by atoms with Crippen LogP contribution in [0.3, 0.4) is 0 Å². The predicted octanol–water partition coefficient (Wildman–Crippen LogP) is 23.4. The van der Waals surface area contributed by atoms with Crippen LogP contribution in [0.25, 0.3) is 86.9 Å². The molecule has 1 atom stereocenters. The molecule has 414 valence electrons. The Balaban J connectivity index is 0.713. The molecule has 3 heteroatoms. The molecule has 0 amide bonds. The minimum Gasteiger partial charge on any atom is -0.313 e. The van der Waals surface area contributed by atoms with E-state index in [0.29, 0.717) is 5.92 Å². The third-order valence-corrected chi connectivity index (χ3v) is 19.7. The van der Waals surface area contributed by atoms with E-state index in [1.165, 1.54) is 121 Å². The summed E-state index contributed by atoms with van der Waals surface area (Å²) in [6.45, 7) is 9.86. The lowest BCUT2D eigenvalue weighted by molar-refractivity contribution is 0.339. The highest BCUT2D eigenvalue weighted by atomic mass is 15.2. The number of nitrogens with zero attached hydrogens (tertiary/aromatic N) is 3. The minimum atomic E-state index is -0.215. The Hall–Kier alpha value is -10.5. The first-order chi connectivity index (χ1) is 42.6. The lowest BCUT2D eigenvalue weighted by Gasteiger charge is -2.54. The van der Waals surface area contributed by atoms with Crippen LogP contribution in [0, 0.1) is 5.92 Å². The summed E-state index contributed by atoms with van der Waals surface area (Å²) in [5.41, 5.74) is 19.6. The van der Waals surface area contributed by atoms with Gasteiger partial charge in [0.05, 0.1) is 0 Å². The fraction of sp³-hybridized carbons (Fsp3) is 0.0952. The van der Waals surface area contributed by atoms with Crippen molar-refractivity contribution in [1.82, 2.24) is 0 Å². The summed E-state index contributed by atoms with van der Waals surface area (Å²) in [7, 11) is 0. The number of rotatable bonds is 8. The predicted molar refractivity (Wildman–Crippen MR) is 371 cm³/mol. The normalized spacial score (nSPS) is 15.5. The van der Waals surface area contributed by atoms with E-state index in [1.807, 2.05) is 0 Å². The Kier molecular flexibility index (Phi) is 11.4. The molecule has 2 aliphatic heterocycles. The summed E-state index contributed by atoms with van der Waals surface area (Å²) in [6, 6.07) is 104. The van der Waals surface area contributed by atoms with Gasteiger partial charge in [-0.1, -0.05) is 210 Å². The molecule has 0 bridgehead atoms. The summed E-state index contributed by atoms with van der Waals surface area (Å²) < 4.78 is 0. The number of anilines is 8. The maximum absolute atomic E-state index is 2.65. The molecule has 3 nitrogen and oxygen atoms in total. The summed E-state index contributed by atoms with van der Waals surface area (Å²) in [5.74, 6) is 0.319. The Labute approximate surface area is 508 Å². The highest BCUT2D eigenvalue weighted by Crippen LogP contribution is 2.61. The zero-order valence-corrected chi connectivity index (χ0v) is 49.3. The quantitative estimate of drug-likeness (QED) is 0.150. The molecule has 3 aliphatic rings. The van der Waals surface area contributed by atoms with Crippen molar-refractivity contribution in [2.75, 3.05) is 14.7 Å². The summed E-state index contributed by atoms with van der Waals surface area (Å²) in [4.78, 5) is 7.45. The molecule has 2 heterocycles. The Morgan fingerprint density at radius 1 is 0.310 bits per heavy atom. The molecular formula is C84H63N3. The van der Waals surface area contributed by atoms with Crippen molar-refractivity contribution < 1.29 is 0 Å². The van der Waals surface area contributed by atoms with Gasteiger partial charge in [0.25, 0.3) is 0 Å². The maximum atomic E-state index is 2.65. The third kappa shape index (κ3) is 8.32. The fourth-order valence-electron chi connectivity index (χ4n) is 15.0. The highest BCUT2D eigenvalue weighted by molar-refractivity contribution is 5.99. The van der Waals surface area contributed by atoms with Crippen LogP contribution in [0.15, 0.2) is 302 Å². The van der Waals surface area contributed by atoms with Crippen LogP contribution < -0.4 is 14.7 Å². The van der Waals surface area contributed by atoms with Crippen molar-refractivity contribution in [3.63, 3.8) is 0 Å². The number of hydrogen-bond donors (Lipinski definition) is 0. The van der Waals surface area contributed by atoms with Crippen molar-refractivity contribution in [2.45, 2.75) is 44.9 Å². The van der Waals surface area contributed by atoms with Crippen molar-refractivity contribution in [3.05, 3.63) is 314 Å². The molecule has 87 heavy (non-hydrogen) atoms. The lowest BCUT2D eigenvalue weighted by Crippen LogP contribution is -2.47. The van der Waals surface area contributed by atoms with Gasteiger partial charge in [0.1, 0.15) is 0 Å². The monoisotopic (exact) mass is 1110 g/mol. The van der Waals surface area contributed by atoms with Crippen LogP contribution in [-0.2, 0) is 10.8 Å². The van der Waals surface area contributed by atoms with E-state index in [4.69, 9.17) is 0 Å². The van der Waals surface area contributed by atoms with Gasteiger partial charge in [-0.25, -0.2) is 0 Å². The first-order valence-electron chi connectivity index (χ1n) is 30.7. The SMILES string of the molecule is CC1(C)C2=C3C(CC=C2)C(C)(C)c2cc(-c4ccc5cc(N(c6ccc7ccccc7c6)c6ccc7ccccc7c6)ccc5c4)ccc2N3c2ccc(-c3ccc4cc(N(c5ccc6ccccc6c5)c5ccc6ccccc6c5)ccc4c3)cc21. The van der Waals surface area contributed by atoms with Crippen LogP contribution >= 0.6 is 0 Å². The average molecular weight is 1110 g/mol. The van der Waals surface area contributed by atoms with E-state index in [1.54, 1.807) is 0 Å². The van der Waals surface area contributed by atoms with Crippen LogP contribution in [-0.4, -0.2) is 0 Å².